The van der Waals surface area contributed by atoms with E-state index < -0.39 is 6.23 Å². The van der Waals surface area contributed by atoms with Gasteiger partial charge in [0.15, 0.2) is 0 Å². The second-order valence-electron chi connectivity index (χ2n) is 3.47. The summed E-state index contributed by atoms with van der Waals surface area (Å²) >= 11 is 3.30. The minimum Gasteiger partial charge on any atom is -0.372 e. The first kappa shape index (κ1) is 10.9. The third kappa shape index (κ3) is 2.30. The molecule has 1 aliphatic rings. The zero-order valence-electron chi connectivity index (χ0n) is 8.08. The molecule has 1 aromatic rings. The van der Waals surface area contributed by atoms with Crippen LogP contribution in [0.3, 0.4) is 0 Å². The number of rotatable bonds is 1. The van der Waals surface area contributed by atoms with Crippen LogP contribution in [-0.2, 0) is 0 Å². The molecule has 0 aliphatic carbocycles. The molecule has 5 heteroatoms. The first-order chi connectivity index (χ1) is 7.18. The number of piperazine rings is 1. The van der Waals surface area contributed by atoms with Crippen LogP contribution < -0.4 is 10.2 Å². The van der Waals surface area contributed by atoms with Gasteiger partial charge < -0.3 is 15.3 Å². The van der Waals surface area contributed by atoms with Crippen molar-refractivity contribution in [2.75, 3.05) is 24.5 Å². The van der Waals surface area contributed by atoms with E-state index >= 15 is 0 Å². The average molecular weight is 275 g/mol. The van der Waals surface area contributed by atoms with Crippen molar-refractivity contribution >= 4 is 21.6 Å². The van der Waals surface area contributed by atoms with Crippen LogP contribution in [0.25, 0.3) is 0 Å². The fraction of sp³-hybridized carbons (Fsp3) is 0.400. The van der Waals surface area contributed by atoms with Crippen LogP contribution in [0.1, 0.15) is 0 Å². The third-order valence-corrected chi connectivity index (χ3v) is 3.07. The Kier molecular flexibility index (Phi) is 3.23. The summed E-state index contributed by atoms with van der Waals surface area (Å²) in [5, 5.41) is 12.8. The van der Waals surface area contributed by atoms with Gasteiger partial charge in [-0.25, -0.2) is 4.39 Å². The van der Waals surface area contributed by atoms with Gasteiger partial charge in [-0.15, -0.1) is 0 Å². The van der Waals surface area contributed by atoms with Crippen molar-refractivity contribution in [1.82, 2.24) is 5.32 Å². The molecule has 0 bridgehead atoms. The predicted molar refractivity (Wildman–Crippen MR) is 60.3 cm³/mol. The Morgan fingerprint density at radius 3 is 3.00 bits per heavy atom. The maximum Gasteiger partial charge on any atom is 0.139 e. The molecule has 82 valence electrons. The molecular formula is C10H12BrFN2O. The maximum atomic E-state index is 12.9. The number of β-amino-alcohol motifs (C(OH)–C–C–N with tert-alkyl or cyclic N) is 1. The molecule has 2 N–H and O–H groups in total. The molecule has 1 saturated heterocycles. The zero-order chi connectivity index (χ0) is 10.8. The maximum absolute atomic E-state index is 12.9. The van der Waals surface area contributed by atoms with Crippen molar-refractivity contribution in [2.45, 2.75) is 6.23 Å². The molecule has 1 unspecified atom stereocenters. The fourth-order valence-electron chi connectivity index (χ4n) is 1.69. The summed E-state index contributed by atoms with van der Waals surface area (Å²) in [5.41, 5.74) is 0.824. The lowest BCUT2D eigenvalue weighted by molar-refractivity contribution is 0.151. The highest BCUT2D eigenvalue weighted by atomic mass is 79.9. The molecule has 1 atom stereocenters. The number of aliphatic hydroxyl groups is 1. The van der Waals surface area contributed by atoms with E-state index in [2.05, 4.69) is 21.2 Å². The highest BCUT2D eigenvalue weighted by Crippen LogP contribution is 2.28. The van der Waals surface area contributed by atoms with Crippen molar-refractivity contribution in [3.05, 3.63) is 28.5 Å². The summed E-state index contributed by atoms with van der Waals surface area (Å²) in [6.07, 6.45) is -0.555. The van der Waals surface area contributed by atoms with Gasteiger partial charge in [0.25, 0.3) is 0 Å². The number of halogens is 2. The second kappa shape index (κ2) is 4.47. The van der Waals surface area contributed by atoms with Crippen LogP contribution in [0.15, 0.2) is 22.7 Å². The van der Waals surface area contributed by atoms with Gasteiger partial charge in [0.2, 0.25) is 0 Å². The van der Waals surface area contributed by atoms with E-state index in [-0.39, 0.29) is 5.82 Å². The molecule has 1 fully saturated rings. The first-order valence-electron chi connectivity index (χ1n) is 4.79. The molecule has 0 amide bonds. The lowest BCUT2D eigenvalue weighted by atomic mass is 10.2. The predicted octanol–water partition coefficient (Wildman–Crippen LogP) is 1.32. The summed E-state index contributed by atoms with van der Waals surface area (Å²) < 4.78 is 13.6. The van der Waals surface area contributed by atoms with Crippen molar-refractivity contribution < 1.29 is 9.50 Å². The quantitative estimate of drug-likeness (QED) is 0.811. The standard InChI is InChI=1S/C10H12BrFN2O/c11-8-5-7(12)1-2-9(8)14-4-3-13-6-10(14)15/h1-2,5,10,13,15H,3-4,6H2. The zero-order valence-corrected chi connectivity index (χ0v) is 9.67. The van der Waals surface area contributed by atoms with Crippen LogP contribution in [0.2, 0.25) is 0 Å². The summed E-state index contributed by atoms with van der Waals surface area (Å²) in [6.45, 7) is 2.07. The lowest BCUT2D eigenvalue weighted by Crippen LogP contribution is -2.51. The molecule has 1 heterocycles. The number of anilines is 1. The minimum atomic E-state index is -0.555. The van der Waals surface area contributed by atoms with Gasteiger partial charge in [-0.05, 0) is 34.1 Å². The summed E-state index contributed by atoms with van der Waals surface area (Å²) in [4.78, 5) is 1.85. The van der Waals surface area contributed by atoms with Crippen LogP contribution in [0, 0.1) is 5.82 Å². The van der Waals surface area contributed by atoms with Gasteiger partial charge in [0.1, 0.15) is 12.0 Å². The molecule has 15 heavy (non-hydrogen) atoms. The van der Waals surface area contributed by atoms with Crippen LogP contribution in [0.4, 0.5) is 10.1 Å². The Hall–Kier alpha value is -0.650. The number of nitrogens with zero attached hydrogens (tertiary/aromatic N) is 1. The van der Waals surface area contributed by atoms with Gasteiger partial charge in [0.05, 0.1) is 5.69 Å². The molecule has 0 spiro atoms. The van der Waals surface area contributed by atoms with Gasteiger partial charge in [-0.2, -0.15) is 0 Å². The van der Waals surface area contributed by atoms with Crippen LogP contribution in [0.5, 0.6) is 0 Å². The monoisotopic (exact) mass is 274 g/mol. The van der Waals surface area contributed by atoms with E-state index in [1.165, 1.54) is 12.1 Å². The van der Waals surface area contributed by atoms with E-state index in [9.17, 15) is 9.50 Å². The first-order valence-corrected chi connectivity index (χ1v) is 5.58. The second-order valence-corrected chi connectivity index (χ2v) is 4.33. The van der Waals surface area contributed by atoms with Crippen molar-refractivity contribution in [1.29, 1.82) is 0 Å². The van der Waals surface area contributed by atoms with E-state index in [0.29, 0.717) is 17.6 Å². The van der Waals surface area contributed by atoms with Crippen LogP contribution in [-0.4, -0.2) is 31.0 Å². The SMILES string of the molecule is OC1CNCCN1c1ccc(F)cc1Br. The van der Waals surface area contributed by atoms with Crippen molar-refractivity contribution in [3.63, 3.8) is 0 Å². The Morgan fingerprint density at radius 2 is 2.33 bits per heavy atom. The van der Waals surface area contributed by atoms with Crippen LogP contribution >= 0.6 is 15.9 Å². The largest absolute Gasteiger partial charge is 0.372 e. The summed E-state index contributed by atoms with van der Waals surface area (Å²) in [5.74, 6) is -0.282. The third-order valence-electron chi connectivity index (χ3n) is 2.44. The molecular weight excluding hydrogens is 263 g/mol. The van der Waals surface area contributed by atoms with E-state index in [0.717, 1.165) is 12.2 Å². The average Bonchev–Trinajstić information content (AvgIpc) is 2.20. The smallest absolute Gasteiger partial charge is 0.139 e. The van der Waals surface area contributed by atoms with Gasteiger partial charge in [-0.1, -0.05) is 0 Å². The highest BCUT2D eigenvalue weighted by Gasteiger charge is 2.21. The molecule has 0 radical (unpaired) electrons. The molecule has 3 nitrogen and oxygen atoms in total. The number of hydrogen-bond acceptors (Lipinski definition) is 3. The molecule has 0 saturated carbocycles. The lowest BCUT2D eigenvalue weighted by Gasteiger charge is -2.35. The highest BCUT2D eigenvalue weighted by molar-refractivity contribution is 9.10. The Balaban J connectivity index is 2.27. The summed E-state index contributed by atoms with van der Waals surface area (Å²) in [7, 11) is 0. The number of hydrogen-bond donors (Lipinski definition) is 2. The minimum absolute atomic E-state index is 0.282. The molecule has 0 aromatic heterocycles. The Bertz CT molecular complexity index is 361. The molecule has 1 aromatic carbocycles. The van der Waals surface area contributed by atoms with E-state index in [1.54, 1.807) is 6.07 Å². The van der Waals surface area contributed by atoms with Crippen molar-refractivity contribution in [3.8, 4) is 0 Å². The number of benzene rings is 1. The number of nitrogens with one attached hydrogen (secondary N) is 1. The Morgan fingerprint density at radius 1 is 1.53 bits per heavy atom. The number of aliphatic hydroxyl groups excluding tert-OH is 1. The van der Waals surface area contributed by atoms with Crippen molar-refractivity contribution in [2.24, 2.45) is 0 Å². The van der Waals surface area contributed by atoms with E-state index in [1.807, 2.05) is 4.90 Å². The topological polar surface area (TPSA) is 35.5 Å². The Labute approximate surface area is 96.0 Å². The van der Waals surface area contributed by atoms with Gasteiger partial charge >= 0.3 is 0 Å². The molecule has 2 rings (SSSR count). The normalized spacial score (nSPS) is 21.8. The fourth-order valence-corrected chi connectivity index (χ4v) is 2.26. The molecule has 1 aliphatic heterocycles. The van der Waals surface area contributed by atoms with E-state index in [4.69, 9.17) is 0 Å². The van der Waals surface area contributed by atoms with Gasteiger partial charge in [-0.3, -0.25) is 0 Å². The van der Waals surface area contributed by atoms with Gasteiger partial charge in [0, 0.05) is 24.1 Å². The summed E-state index contributed by atoms with van der Waals surface area (Å²) in [6, 6.07) is 4.48.